The van der Waals surface area contributed by atoms with Crippen LogP contribution in [0.4, 0.5) is 0 Å². The van der Waals surface area contributed by atoms with Crippen molar-refractivity contribution >= 4 is 40.0 Å². The smallest absolute Gasteiger partial charge is 0.138 e. The monoisotopic (exact) mass is 451 g/mol. The summed E-state index contributed by atoms with van der Waals surface area (Å²) in [5, 5.41) is 0.797. The molecule has 2 aliphatic rings. The van der Waals surface area contributed by atoms with Gasteiger partial charge in [0.1, 0.15) is 27.9 Å². The Kier molecular flexibility index (Phi) is 5.80. The molecule has 2 atom stereocenters. The molecule has 1 aromatic rings. The Bertz CT molecular complexity index is 584. The minimum absolute atomic E-state index is 0. The summed E-state index contributed by atoms with van der Waals surface area (Å²) in [4.78, 5) is 0. The number of allylic oxidation sites excluding steroid dienone is 1. The molecule has 1 aromatic carbocycles. The Morgan fingerprint density at radius 1 is 1.19 bits per heavy atom. The molecule has 0 spiro atoms. The first-order valence-electron chi connectivity index (χ1n) is 7.10. The van der Waals surface area contributed by atoms with Gasteiger partial charge in [-0.2, -0.15) is 0 Å². The van der Waals surface area contributed by atoms with E-state index in [1.807, 2.05) is 24.1 Å². The van der Waals surface area contributed by atoms with E-state index in [1.165, 1.54) is 36.8 Å². The van der Waals surface area contributed by atoms with E-state index in [1.54, 1.807) is 5.70 Å². The molecule has 0 N–H and O–H groups in total. The Labute approximate surface area is 158 Å². The van der Waals surface area contributed by atoms with E-state index in [-0.39, 0.29) is 24.0 Å². The Morgan fingerprint density at radius 3 is 2.48 bits per heavy atom. The molecule has 114 valence electrons. The zero-order chi connectivity index (χ0) is 14.3. The van der Waals surface area contributed by atoms with E-state index in [4.69, 9.17) is 23.8 Å². The van der Waals surface area contributed by atoms with Crippen molar-refractivity contribution in [1.29, 1.82) is 0 Å². The fourth-order valence-corrected chi connectivity index (χ4v) is 5.30. The van der Waals surface area contributed by atoms with Crippen LogP contribution < -0.4 is 24.0 Å². The van der Waals surface area contributed by atoms with Gasteiger partial charge in [-0.1, -0.05) is 36.0 Å². The summed E-state index contributed by atoms with van der Waals surface area (Å²) < 4.78 is 2.00. The van der Waals surface area contributed by atoms with Crippen LogP contribution in [-0.2, 0) is 0 Å². The maximum atomic E-state index is 6.00. The molecule has 0 fully saturated rings. The summed E-state index contributed by atoms with van der Waals surface area (Å²) >= 11 is 13.5. The fraction of sp³-hybridized carbons (Fsp3) is 0.438. The van der Waals surface area contributed by atoms with E-state index in [2.05, 4.69) is 26.1 Å². The lowest BCUT2D eigenvalue weighted by molar-refractivity contribution is -0.765. The van der Waals surface area contributed by atoms with Crippen molar-refractivity contribution in [2.24, 2.45) is 0 Å². The van der Waals surface area contributed by atoms with Gasteiger partial charge < -0.3 is 24.0 Å². The van der Waals surface area contributed by atoms with Gasteiger partial charge >= 0.3 is 0 Å². The zero-order valence-electron chi connectivity index (χ0n) is 12.2. The Hall–Kier alpha value is 0.380. The minimum Gasteiger partial charge on any atom is -1.00 e. The maximum Gasteiger partial charge on any atom is 0.138 e. The van der Waals surface area contributed by atoms with Crippen molar-refractivity contribution in [2.45, 2.75) is 38.6 Å². The molecule has 21 heavy (non-hydrogen) atoms. The van der Waals surface area contributed by atoms with Crippen molar-refractivity contribution in [2.75, 3.05) is 7.05 Å². The number of nitrogens with zero attached hydrogens (tertiary/aromatic N) is 1. The van der Waals surface area contributed by atoms with Crippen LogP contribution in [0.5, 0.6) is 0 Å². The number of thiocarbonyl (C=S) groups is 1. The molecule has 5 heteroatoms. The highest BCUT2D eigenvalue weighted by Crippen LogP contribution is 2.52. The summed E-state index contributed by atoms with van der Waals surface area (Å²) in [6.07, 6.45) is 4.94. The number of quaternary nitrogens is 1. The number of rotatable bonds is 2. The lowest BCUT2D eigenvalue weighted by atomic mass is 9.95. The zero-order valence-corrected chi connectivity index (χ0v) is 16.8. The van der Waals surface area contributed by atoms with Crippen LogP contribution in [0, 0.1) is 0 Å². The third kappa shape index (κ3) is 3.20. The average molecular weight is 452 g/mol. The molecule has 0 amide bonds. The maximum absolute atomic E-state index is 6.00. The van der Waals surface area contributed by atoms with Gasteiger partial charge in [0.15, 0.2) is 0 Å². The average Bonchev–Trinajstić information content (AvgIpc) is 2.72. The highest BCUT2D eigenvalue weighted by molar-refractivity contribution is 8.20. The van der Waals surface area contributed by atoms with Gasteiger partial charge in [-0.25, -0.2) is 3.89 Å². The quantitative estimate of drug-likeness (QED) is 0.293. The molecule has 2 unspecified atom stereocenters. The molecule has 1 heterocycles. The number of hydrogen-bond acceptors (Lipinski definition) is 2. The van der Waals surface area contributed by atoms with Gasteiger partial charge in [-0.3, -0.25) is 0 Å². The third-order valence-corrected chi connectivity index (χ3v) is 6.64. The van der Waals surface area contributed by atoms with Crippen LogP contribution in [0.1, 0.15) is 44.2 Å². The Morgan fingerprint density at radius 2 is 1.81 bits per heavy atom. The highest BCUT2D eigenvalue weighted by atomic mass is 127. The SMILES string of the molecule is CC(c1ccc(Cl)cc1)[N+]1(C)SC(=S)C2=C1CCCC2.[I-]. The topological polar surface area (TPSA) is 0 Å². The first-order valence-corrected chi connectivity index (χ1v) is 8.66. The van der Waals surface area contributed by atoms with Crippen molar-refractivity contribution < 1.29 is 27.9 Å². The predicted molar refractivity (Wildman–Crippen MR) is 91.7 cm³/mol. The molecule has 0 radical (unpaired) electrons. The molecule has 1 aliphatic carbocycles. The van der Waals surface area contributed by atoms with Gasteiger partial charge in [0, 0.05) is 22.6 Å². The molecule has 0 bridgehead atoms. The summed E-state index contributed by atoms with van der Waals surface area (Å²) in [6.45, 7) is 2.30. The summed E-state index contributed by atoms with van der Waals surface area (Å²) in [5.41, 5.74) is 4.33. The molecule has 0 aromatic heterocycles. The van der Waals surface area contributed by atoms with E-state index in [9.17, 15) is 0 Å². The second-order valence-electron chi connectivity index (χ2n) is 5.73. The van der Waals surface area contributed by atoms with Gasteiger partial charge in [-0.05, 0) is 38.3 Å². The van der Waals surface area contributed by atoms with Gasteiger partial charge in [0.2, 0.25) is 0 Å². The number of hydrogen-bond donors (Lipinski definition) is 0. The lowest BCUT2D eigenvalue weighted by Gasteiger charge is -2.36. The number of benzene rings is 1. The molecule has 1 nitrogen and oxygen atoms in total. The van der Waals surface area contributed by atoms with E-state index < -0.39 is 0 Å². The summed E-state index contributed by atoms with van der Waals surface area (Å²) in [6, 6.07) is 8.63. The predicted octanol–water partition coefficient (Wildman–Crippen LogP) is 2.67. The van der Waals surface area contributed by atoms with Gasteiger partial charge in [0.25, 0.3) is 0 Å². The molecule has 1 aliphatic heterocycles. The minimum atomic E-state index is 0. The van der Waals surface area contributed by atoms with Crippen LogP contribution in [-0.4, -0.2) is 15.1 Å². The lowest BCUT2D eigenvalue weighted by Crippen LogP contribution is -3.00. The highest BCUT2D eigenvalue weighted by Gasteiger charge is 2.47. The number of halogens is 2. The van der Waals surface area contributed by atoms with Gasteiger partial charge in [0.05, 0.1) is 7.05 Å². The van der Waals surface area contributed by atoms with E-state index >= 15 is 0 Å². The van der Waals surface area contributed by atoms with Crippen molar-refractivity contribution in [3.8, 4) is 0 Å². The van der Waals surface area contributed by atoms with E-state index in [0.29, 0.717) is 6.04 Å². The van der Waals surface area contributed by atoms with Crippen molar-refractivity contribution in [3.63, 3.8) is 0 Å². The first kappa shape index (κ1) is 17.7. The van der Waals surface area contributed by atoms with Gasteiger partial charge in [-0.15, -0.1) is 0 Å². The second kappa shape index (κ2) is 6.87. The molecule has 3 rings (SSSR count). The largest absolute Gasteiger partial charge is 1.00 e. The van der Waals surface area contributed by atoms with E-state index in [0.717, 1.165) is 13.1 Å². The third-order valence-electron chi connectivity index (χ3n) is 4.59. The Balaban J connectivity index is 0.00000161. The van der Waals surface area contributed by atoms with Crippen molar-refractivity contribution in [3.05, 3.63) is 46.1 Å². The molecular formula is C16H19ClINS2. The van der Waals surface area contributed by atoms with Crippen LogP contribution in [0.15, 0.2) is 35.5 Å². The van der Waals surface area contributed by atoms with Crippen LogP contribution >= 0.6 is 35.8 Å². The normalized spacial score (nSPS) is 26.3. The van der Waals surface area contributed by atoms with Crippen molar-refractivity contribution in [1.82, 2.24) is 0 Å². The molecule has 0 saturated heterocycles. The van der Waals surface area contributed by atoms with Crippen LogP contribution in [0.25, 0.3) is 0 Å². The second-order valence-corrected chi connectivity index (χ2v) is 8.18. The standard InChI is InChI=1S/C16H19ClNS2.HI/c1-11(12-7-9-13(17)10-8-12)18(2)15-6-4-3-5-14(15)16(19)20-18;/h7-11H,3-6H2,1-2H3;1H/q+1;/p-1. The summed E-state index contributed by atoms with van der Waals surface area (Å²) in [5.74, 6) is 0. The first-order chi connectivity index (χ1) is 9.52. The summed E-state index contributed by atoms with van der Waals surface area (Å²) in [7, 11) is 2.31. The van der Waals surface area contributed by atoms with Crippen LogP contribution in [0.2, 0.25) is 5.02 Å². The van der Waals surface area contributed by atoms with Crippen LogP contribution in [0.3, 0.4) is 0 Å². The molecular weight excluding hydrogens is 433 g/mol. The fourth-order valence-electron chi connectivity index (χ4n) is 3.22. The molecule has 0 saturated carbocycles.